The van der Waals surface area contributed by atoms with Gasteiger partial charge in [0.15, 0.2) is 22.9 Å². The third-order valence-electron chi connectivity index (χ3n) is 8.42. The van der Waals surface area contributed by atoms with Crippen molar-refractivity contribution >= 4 is 64.4 Å². The zero-order valence-corrected chi connectivity index (χ0v) is 31.3. The number of hydrogen-bond acceptors (Lipinski definition) is 15. The quantitative estimate of drug-likeness (QED) is 0.103. The molecule has 6 rings (SSSR count). The first-order valence-corrected chi connectivity index (χ1v) is 16.1. The predicted octanol–water partition coefficient (Wildman–Crippen LogP) is -1.94. The number of aromatic amines is 1. The minimum absolute atomic E-state index is 0. The van der Waals surface area contributed by atoms with E-state index >= 15 is 0 Å². The van der Waals surface area contributed by atoms with Gasteiger partial charge >= 0.3 is 51.4 Å². The normalized spacial score (nSPS) is 26.3. The number of ether oxygens (including phenoxy) is 2. The van der Waals surface area contributed by atoms with Crippen LogP contribution in [0.1, 0.15) is 32.6 Å². The molecule has 4 aliphatic heterocycles. The van der Waals surface area contributed by atoms with Gasteiger partial charge in [0.2, 0.25) is 5.95 Å². The molecule has 1 amide bonds. The van der Waals surface area contributed by atoms with Crippen molar-refractivity contribution in [3.63, 3.8) is 0 Å². The number of carbonyl (C=O) groups excluding carboxylic acids is 2. The largest absolute Gasteiger partial charge is 1.00 e. The van der Waals surface area contributed by atoms with Gasteiger partial charge in [-0.3, -0.25) is 19.5 Å². The van der Waals surface area contributed by atoms with E-state index in [-0.39, 0.29) is 98.8 Å². The second-order valence-corrected chi connectivity index (χ2v) is 12.9. The molecule has 6 heterocycles. The number of anilines is 4. The van der Waals surface area contributed by atoms with Crippen LogP contribution in [0, 0.1) is 0 Å². The fourth-order valence-corrected chi connectivity index (χ4v) is 7.44. The van der Waals surface area contributed by atoms with E-state index < -0.39 is 11.2 Å². The molecule has 7 N–H and O–H groups in total. The molecule has 47 heavy (non-hydrogen) atoms. The number of hydrogen-bond donors (Lipinski definition) is 5. The van der Waals surface area contributed by atoms with E-state index in [1.807, 2.05) is 18.7 Å². The monoisotopic (exact) mass is 696 g/mol. The van der Waals surface area contributed by atoms with Crippen molar-refractivity contribution in [1.29, 1.82) is 0 Å². The Morgan fingerprint density at radius 3 is 2.72 bits per heavy atom. The van der Waals surface area contributed by atoms with Crippen molar-refractivity contribution in [3.8, 4) is 0 Å². The smallest absolute Gasteiger partial charge is 0.681 e. The van der Waals surface area contributed by atoms with Crippen LogP contribution in [-0.2, 0) is 19.1 Å². The minimum Gasteiger partial charge on any atom is -0.681 e. The molecule has 0 spiro atoms. The molecule has 0 bridgehead atoms. The number of β-lactam (4-membered cyclic amide) rings is 1. The number of fused-ring (bicyclic) bond motifs is 2. The number of rotatable bonds is 10. The Morgan fingerprint density at radius 1 is 1.23 bits per heavy atom. The summed E-state index contributed by atoms with van der Waals surface area (Å²) in [5, 5.41) is 11.0. The summed E-state index contributed by atoms with van der Waals surface area (Å²) < 4.78 is 10.5. The van der Waals surface area contributed by atoms with Crippen molar-refractivity contribution in [2.75, 3.05) is 68.8 Å². The first-order chi connectivity index (χ1) is 22.1. The Bertz CT molecular complexity index is 1530. The fraction of sp³-hybridized carbons (Fsp3) is 0.607. The molecule has 5 unspecified atom stereocenters. The third kappa shape index (κ3) is 8.10. The molecular formula is C28H41KN12O5S. The molecular weight excluding hydrogens is 656 g/mol. The molecule has 3 saturated heterocycles. The van der Waals surface area contributed by atoms with Crippen molar-refractivity contribution in [3.05, 3.63) is 22.0 Å². The van der Waals surface area contributed by atoms with E-state index in [9.17, 15) is 14.4 Å². The number of amides is 1. The van der Waals surface area contributed by atoms with E-state index in [0.29, 0.717) is 35.7 Å². The topological polar surface area (TPSA) is 233 Å². The fourth-order valence-electron chi connectivity index (χ4n) is 6.10. The van der Waals surface area contributed by atoms with E-state index in [0.717, 1.165) is 44.3 Å². The van der Waals surface area contributed by atoms with Crippen molar-refractivity contribution in [2.45, 2.75) is 61.9 Å². The van der Waals surface area contributed by atoms with Crippen LogP contribution in [0.2, 0.25) is 0 Å². The number of likely N-dealkylation sites (tertiary alicyclic amines) is 2. The number of thioether (sulfide) groups is 1. The molecule has 0 radical (unpaired) electrons. The van der Waals surface area contributed by atoms with Crippen LogP contribution in [0.3, 0.4) is 0 Å². The molecule has 0 aromatic carbocycles. The summed E-state index contributed by atoms with van der Waals surface area (Å²) in [5.74, 6) is 1.67. The third-order valence-corrected chi connectivity index (χ3v) is 9.89. The molecule has 2 aromatic rings. The Hall–Kier alpha value is -2.36. The summed E-state index contributed by atoms with van der Waals surface area (Å²) in [6.45, 7) is 3.50. The molecule has 5 atom stereocenters. The van der Waals surface area contributed by atoms with Gasteiger partial charge in [-0.2, -0.15) is 16.7 Å². The second-order valence-electron chi connectivity index (χ2n) is 11.5. The van der Waals surface area contributed by atoms with Gasteiger partial charge in [0.25, 0.3) is 11.5 Å². The van der Waals surface area contributed by atoms with Gasteiger partial charge in [-0.1, -0.05) is 5.69 Å². The van der Waals surface area contributed by atoms with Crippen molar-refractivity contribution in [2.24, 2.45) is 4.99 Å². The maximum atomic E-state index is 12.9. The summed E-state index contributed by atoms with van der Waals surface area (Å²) in [7, 11) is 4.90. The molecule has 19 heteroatoms. The molecule has 0 aliphatic carbocycles. The molecule has 250 valence electrons. The van der Waals surface area contributed by atoms with Gasteiger partial charge in [0, 0.05) is 38.3 Å². The number of nitrogens with zero attached hydrogens (tertiary/aromatic N) is 7. The van der Waals surface area contributed by atoms with E-state index in [1.54, 1.807) is 26.2 Å². The Balaban J connectivity index is 0.00000120. The van der Waals surface area contributed by atoms with Crippen LogP contribution in [-0.4, -0.2) is 124 Å². The number of H-pyrrole nitrogens is 1. The maximum absolute atomic E-state index is 12.9. The van der Waals surface area contributed by atoms with Crippen molar-refractivity contribution in [1.82, 2.24) is 29.7 Å². The Labute approximate surface area is 319 Å². The van der Waals surface area contributed by atoms with Crippen LogP contribution < -0.4 is 79.0 Å². The van der Waals surface area contributed by atoms with Crippen LogP contribution in [0.25, 0.3) is 5.32 Å². The summed E-state index contributed by atoms with van der Waals surface area (Å²) >= 11 is 1.85. The SMILES string of the molecule is COC.C[N-]c1c(N)ncnc1NC1CCC(CSC2CCN(CCN3C(=O)C4=Nc5c(nc(N)[nH]c5=O)NC43C)C(C=O)C2)O1.[K+]. The number of methoxy groups -OCH3 is 1. The van der Waals surface area contributed by atoms with Gasteiger partial charge < -0.3 is 46.6 Å². The molecule has 17 nitrogen and oxygen atoms in total. The van der Waals surface area contributed by atoms with E-state index in [4.69, 9.17) is 16.2 Å². The van der Waals surface area contributed by atoms with Gasteiger partial charge in [0.05, 0.1) is 12.1 Å². The number of piperidine rings is 1. The Morgan fingerprint density at radius 2 is 2.00 bits per heavy atom. The van der Waals surface area contributed by atoms with Gasteiger partial charge in [-0.25, -0.2) is 15.0 Å². The number of aromatic nitrogens is 4. The van der Waals surface area contributed by atoms with E-state index in [1.165, 1.54) is 6.33 Å². The first kappa shape index (κ1) is 37.5. The van der Waals surface area contributed by atoms with Crippen LogP contribution in [0.5, 0.6) is 0 Å². The molecule has 4 aliphatic rings. The number of aldehydes is 1. The molecule has 2 aromatic heterocycles. The average molecular weight is 697 g/mol. The van der Waals surface area contributed by atoms with Crippen LogP contribution >= 0.6 is 11.8 Å². The zero-order valence-electron chi connectivity index (χ0n) is 27.4. The number of nitrogen functional groups attached to an aromatic ring is 2. The minimum atomic E-state index is -0.900. The number of nitrogens with one attached hydrogen (secondary N) is 3. The van der Waals surface area contributed by atoms with Gasteiger partial charge in [-0.05, 0) is 39.2 Å². The first-order valence-electron chi connectivity index (χ1n) is 15.0. The standard InChI is InChI=1S/C26H36N12O4S.C2H6O.K/c1-26-19(33-18-22(36-26)34-25(28)35-23(18)40)24(41)38(26)8-7-37-6-5-15(9-13(37)10-39)43-11-14-3-4-16(42-14)32-21-17(29-2)20(27)30-12-31-21;1-3-2;/h10,12-16H,3-9,11H2,1-2H3,(H8,27,28,29,30,31,32,33,34,35,36,40,41);1-2H3;/q;;+1/p-1. The van der Waals surface area contributed by atoms with E-state index in [2.05, 4.69) is 50.5 Å². The van der Waals surface area contributed by atoms with Crippen LogP contribution in [0.15, 0.2) is 16.1 Å². The molecule has 3 fully saturated rings. The molecule has 0 saturated carbocycles. The maximum Gasteiger partial charge on any atom is 1.00 e. The second kappa shape index (κ2) is 16.4. The summed E-state index contributed by atoms with van der Waals surface area (Å²) in [4.78, 5) is 60.0. The predicted molar refractivity (Wildman–Crippen MR) is 177 cm³/mol. The summed E-state index contributed by atoms with van der Waals surface area (Å²) in [6, 6.07) is -0.234. The zero-order chi connectivity index (χ0) is 33.0. The van der Waals surface area contributed by atoms with Crippen molar-refractivity contribution < 1.29 is 70.4 Å². The Kier molecular flexibility index (Phi) is 13.0. The van der Waals surface area contributed by atoms with Gasteiger partial charge in [-0.15, -0.1) is 7.05 Å². The number of nitrogens with two attached hydrogens (primary N) is 2. The number of carbonyl (C=O) groups is 2. The van der Waals surface area contributed by atoms with Gasteiger partial charge in [0.1, 0.15) is 30.5 Å². The summed E-state index contributed by atoms with van der Waals surface area (Å²) in [5.41, 5.74) is 11.0. The van der Waals surface area contributed by atoms with Crippen LogP contribution in [0.4, 0.5) is 34.8 Å². The average Bonchev–Trinajstić information content (AvgIpc) is 3.47. The number of aliphatic imine (C=N–C) groups is 1. The summed E-state index contributed by atoms with van der Waals surface area (Å²) in [6.07, 6.45) is 5.75.